The maximum atomic E-state index is 14.2. The van der Waals surface area contributed by atoms with Crippen LogP contribution in [0.15, 0.2) is 41.2 Å². The molecule has 0 unspecified atom stereocenters. The Morgan fingerprint density at radius 2 is 1.56 bits per heavy atom. The maximum Gasteiger partial charge on any atom is 0.418 e. The highest BCUT2D eigenvalue weighted by Crippen LogP contribution is 2.38. The molecule has 1 amide bonds. The molecule has 3 aromatic rings. The maximum absolute atomic E-state index is 14.2. The lowest BCUT2D eigenvalue weighted by Gasteiger charge is -2.36. The van der Waals surface area contributed by atoms with E-state index < -0.39 is 17.3 Å². The first-order valence-electron chi connectivity index (χ1n) is 12.7. The van der Waals surface area contributed by atoms with Gasteiger partial charge in [-0.3, -0.25) is 9.59 Å². The summed E-state index contributed by atoms with van der Waals surface area (Å²) in [7, 11) is 3.02. The summed E-state index contributed by atoms with van der Waals surface area (Å²) in [4.78, 5) is 28.9. The van der Waals surface area contributed by atoms with Crippen molar-refractivity contribution in [2.45, 2.75) is 32.4 Å². The quantitative estimate of drug-likeness (QED) is 0.484. The summed E-state index contributed by atoms with van der Waals surface area (Å²) in [6, 6.07) is 8.93. The molecule has 0 N–H and O–H groups in total. The predicted octanol–water partition coefficient (Wildman–Crippen LogP) is 4.09. The van der Waals surface area contributed by atoms with Crippen molar-refractivity contribution in [1.29, 1.82) is 0 Å². The summed E-state index contributed by atoms with van der Waals surface area (Å²) in [5.41, 5.74) is 0.911. The van der Waals surface area contributed by atoms with Gasteiger partial charge in [-0.1, -0.05) is 0 Å². The summed E-state index contributed by atoms with van der Waals surface area (Å²) in [5.74, 6) is 0.954. The molecule has 2 aliphatic rings. The zero-order valence-electron chi connectivity index (χ0n) is 22.0. The lowest BCUT2D eigenvalue weighted by molar-refractivity contribution is -0.137. The van der Waals surface area contributed by atoms with Gasteiger partial charge in [0.1, 0.15) is 11.5 Å². The van der Waals surface area contributed by atoms with Crippen LogP contribution in [0.4, 0.5) is 18.9 Å². The first-order valence-corrected chi connectivity index (χ1v) is 12.7. The molecule has 1 aliphatic carbocycles. The minimum atomic E-state index is -4.71. The molecule has 0 bridgehead atoms. The second kappa shape index (κ2) is 10.3. The molecule has 206 valence electrons. The van der Waals surface area contributed by atoms with Crippen LogP contribution in [0.5, 0.6) is 11.5 Å². The van der Waals surface area contributed by atoms with E-state index in [-0.39, 0.29) is 11.6 Å². The molecular formula is C28H29F3N4O4. The van der Waals surface area contributed by atoms with Crippen molar-refractivity contribution in [3.05, 3.63) is 63.4 Å². The average molecular weight is 543 g/mol. The van der Waals surface area contributed by atoms with Crippen molar-refractivity contribution in [3.63, 3.8) is 0 Å². The molecule has 1 aromatic heterocycles. The highest BCUT2D eigenvalue weighted by Gasteiger charge is 2.36. The summed E-state index contributed by atoms with van der Waals surface area (Å²) >= 11 is 0. The van der Waals surface area contributed by atoms with Crippen molar-refractivity contribution >= 4 is 11.6 Å². The number of aromatic nitrogens is 2. The van der Waals surface area contributed by atoms with Gasteiger partial charge in [0.2, 0.25) is 5.91 Å². The van der Waals surface area contributed by atoms with Crippen molar-refractivity contribution < 1.29 is 27.4 Å². The number of carbonyl (C=O) groups is 1. The Balaban J connectivity index is 1.68. The second-order valence-corrected chi connectivity index (χ2v) is 9.67. The third-order valence-electron chi connectivity index (χ3n) is 7.38. The number of anilines is 1. The third-order valence-corrected chi connectivity index (χ3v) is 7.38. The number of nitrogens with zero attached hydrogens (tertiary/aromatic N) is 4. The average Bonchev–Trinajstić information content (AvgIpc) is 3.43. The van der Waals surface area contributed by atoms with Gasteiger partial charge in [-0.2, -0.15) is 23.0 Å². The Kier molecular flexibility index (Phi) is 7.00. The Labute approximate surface area is 223 Å². The van der Waals surface area contributed by atoms with E-state index in [1.54, 1.807) is 23.1 Å². The molecule has 1 saturated heterocycles. The van der Waals surface area contributed by atoms with Gasteiger partial charge in [0.15, 0.2) is 0 Å². The lowest BCUT2D eigenvalue weighted by atomic mass is 10.0. The minimum absolute atomic E-state index is 0.0432. The first-order chi connectivity index (χ1) is 18.6. The smallest absolute Gasteiger partial charge is 0.418 e. The number of hydrogen-bond donors (Lipinski definition) is 0. The van der Waals surface area contributed by atoms with E-state index in [9.17, 15) is 22.8 Å². The topological polar surface area (TPSA) is 76.9 Å². The molecule has 0 atom stereocenters. The van der Waals surface area contributed by atoms with Crippen LogP contribution >= 0.6 is 0 Å². The van der Waals surface area contributed by atoms with E-state index in [1.807, 2.05) is 4.90 Å². The first kappa shape index (κ1) is 26.6. The number of ether oxygens (including phenoxy) is 2. The monoisotopic (exact) mass is 542 g/mol. The zero-order chi connectivity index (χ0) is 27.9. The molecule has 2 heterocycles. The number of alkyl halides is 3. The van der Waals surface area contributed by atoms with Gasteiger partial charge >= 0.3 is 6.18 Å². The number of amides is 1. The number of carbonyl (C=O) groups excluding carboxylic acids is 1. The lowest BCUT2D eigenvalue weighted by Crippen LogP contribution is -2.48. The van der Waals surface area contributed by atoms with Crippen molar-refractivity contribution in [2.75, 3.05) is 45.3 Å². The summed E-state index contributed by atoms with van der Waals surface area (Å²) in [6.45, 7) is 3.35. The summed E-state index contributed by atoms with van der Waals surface area (Å²) < 4.78 is 54.4. The molecule has 0 spiro atoms. The minimum Gasteiger partial charge on any atom is -0.497 e. The second-order valence-electron chi connectivity index (χ2n) is 9.67. The van der Waals surface area contributed by atoms with Gasteiger partial charge < -0.3 is 19.3 Å². The number of fused-ring (bicyclic) bond motifs is 1. The van der Waals surface area contributed by atoms with Gasteiger partial charge in [0.05, 0.1) is 31.2 Å². The van der Waals surface area contributed by atoms with Crippen molar-refractivity contribution in [1.82, 2.24) is 14.7 Å². The van der Waals surface area contributed by atoms with Crippen LogP contribution in [0.2, 0.25) is 0 Å². The van der Waals surface area contributed by atoms with Gasteiger partial charge in [0, 0.05) is 56.0 Å². The SMILES string of the molecule is COc1cc(OC)cc(-c2nn(-c3cc(N4CCN(C(C)=O)CC4)ccc3C(F)(F)F)c(=O)c3c2CCC3)c1. The van der Waals surface area contributed by atoms with Gasteiger partial charge in [-0.25, -0.2) is 0 Å². The molecule has 8 nitrogen and oxygen atoms in total. The predicted molar refractivity (Wildman–Crippen MR) is 140 cm³/mol. The highest BCUT2D eigenvalue weighted by molar-refractivity contribution is 5.73. The summed E-state index contributed by atoms with van der Waals surface area (Å²) in [6.07, 6.45) is -2.95. The molecule has 1 fully saturated rings. The van der Waals surface area contributed by atoms with Crippen LogP contribution in [0.1, 0.15) is 30.0 Å². The molecule has 5 rings (SSSR count). The van der Waals surface area contributed by atoms with Crippen molar-refractivity contribution in [3.8, 4) is 28.4 Å². The Morgan fingerprint density at radius 1 is 0.923 bits per heavy atom. The molecule has 0 saturated carbocycles. The molecule has 0 radical (unpaired) electrons. The molecule has 11 heteroatoms. The van der Waals surface area contributed by atoms with Gasteiger partial charge in [-0.05, 0) is 55.2 Å². The number of methoxy groups -OCH3 is 2. The van der Waals surface area contributed by atoms with Crippen molar-refractivity contribution in [2.24, 2.45) is 0 Å². The molecular weight excluding hydrogens is 513 g/mol. The van der Waals surface area contributed by atoms with Gasteiger partial charge in [-0.15, -0.1) is 0 Å². The Bertz CT molecular complexity index is 1450. The van der Waals surface area contributed by atoms with E-state index in [0.29, 0.717) is 79.4 Å². The molecule has 2 aromatic carbocycles. The van der Waals surface area contributed by atoms with Crippen LogP contribution in [0.3, 0.4) is 0 Å². The molecule has 39 heavy (non-hydrogen) atoms. The van der Waals surface area contributed by atoms with E-state index in [4.69, 9.17) is 9.47 Å². The fourth-order valence-corrected chi connectivity index (χ4v) is 5.33. The normalized spacial score (nSPS) is 15.3. The number of piperazine rings is 1. The van der Waals surface area contributed by atoms with E-state index >= 15 is 0 Å². The van der Waals surface area contributed by atoms with Crippen LogP contribution in [-0.4, -0.2) is 61.0 Å². The van der Waals surface area contributed by atoms with E-state index in [0.717, 1.165) is 16.3 Å². The number of rotatable bonds is 5. The highest BCUT2D eigenvalue weighted by atomic mass is 19.4. The van der Waals surface area contributed by atoms with Crippen LogP contribution in [0.25, 0.3) is 16.9 Å². The van der Waals surface area contributed by atoms with Crippen LogP contribution < -0.4 is 19.9 Å². The standard InChI is InChI=1S/C28H29F3N4O4/c1-17(36)33-9-11-34(12-10-33)19-7-8-24(28(29,30)31)25(15-19)35-27(37)23-6-4-5-22(23)26(32-35)18-13-20(38-2)16-21(14-18)39-3/h7-8,13-16H,4-6,9-12H2,1-3H3. The van der Waals surface area contributed by atoms with Crippen LogP contribution in [0, 0.1) is 0 Å². The summed E-state index contributed by atoms with van der Waals surface area (Å²) in [5, 5.41) is 4.55. The fraction of sp³-hybridized carbons (Fsp3) is 0.393. The zero-order valence-corrected chi connectivity index (χ0v) is 22.0. The Hall–Kier alpha value is -4.02. The van der Waals surface area contributed by atoms with E-state index in [2.05, 4.69) is 5.10 Å². The fourth-order valence-electron chi connectivity index (χ4n) is 5.33. The number of benzene rings is 2. The van der Waals surface area contributed by atoms with Crippen LogP contribution in [-0.2, 0) is 23.8 Å². The van der Waals surface area contributed by atoms with Gasteiger partial charge in [0.25, 0.3) is 5.56 Å². The number of halogens is 3. The van der Waals surface area contributed by atoms with E-state index in [1.165, 1.54) is 33.3 Å². The largest absolute Gasteiger partial charge is 0.497 e. The molecule has 1 aliphatic heterocycles. The third kappa shape index (κ3) is 5.05. The Morgan fingerprint density at radius 3 is 2.15 bits per heavy atom. The number of hydrogen-bond acceptors (Lipinski definition) is 6.